The van der Waals surface area contributed by atoms with Gasteiger partial charge in [0, 0.05) is 12.0 Å². The van der Waals surface area contributed by atoms with Gasteiger partial charge in [-0.3, -0.25) is 5.32 Å². The van der Waals surface area contributed by atoms with Crippen LogP contribution in [0.1, 0.15) is 44.4 Å². The maximum Gasteiger partial charge on any atom is 0.291 e. The van der Waals surface area contributed by atoms with Crippen LogP contribution in [0.2, 0.25) is 0 Å². The number of nitrogens with one attached hydrogen (secondary N) is 3. The molecule has 0 unspecified atom stereocenters. The van der Waals surface area contributed by atoms with Crippen molar-refractivity contribution in [1.29, 1.82) is 5.26 Å². The Bertz CT molecular complexity index is 818. The molecule has 0 aliphatic carbocycles. The monoisotopic (exact) mass is 370 g/mol. The topological polar surface area (TPSA) is 76.8 Å². The van der Waals surface area contributed by atoms with Gasteiger partial charge >= 0.3 is 0 Å². The molecule has 0 aromatic carbocycles. The van der Waals surface area contributed by atoms with Crippen molar-refractivity contribution < 1.29 is 19.0 Å². The number of quaternary nitrogens is 1. The average molecular weight is 370 g/mol. The first-order valence-electron chi connectivity index (χ1n) is 9.75. The number of pyridine rings is 1. The summed E-state index contributed by atoms with van der Waals surface area (Å²) in [6, 6.07) is 6.22. The van der Waals surface area contributed by atoms with Gasteiger partial charge in [-0.05, 0) is 45.4 Å². The molecule has 144 valence electrons. The van der Waals surface area contributed by atoms with Crippen LogP contribution in [-0.4, -0.2) is 31.8 Å². The Hall–Kier alpha value is -2.36. The number of likely N-dealkylation sites (N-methyl/N-ethyl adjacent to an activating group) is 1. The zero-order valence-electron chi connectivity index (χ0n) is 16.7. The molecule has 0 atom stereocenters. The molecule has 0 amide bonds. The zero-order valence-corrected chi connectivity index (χ0v) is 16.7. The van der Waals surface area contributed by atoms with E-state index in [0.29, 0.717) is 18.6 Å². The highest BCUT2D eigenvalue weighted by atomic mass is 16.5. The second-order valence-electron chi connectivity index (χ2n) is 7.66. The van der Waals surface area contributed by atoms with Crippen LogP contribution in [0, 0.1) is 11.3 Å². The lowest BCUT2D eigenvalue weighted by Gasteiger charge is -2.32. The van der Waals surface area contributed by atoms with E-state index in [-0.39, 0.29) is 5.60 Å². The molecule has 3 N–H and O–H groups in total. The number of rotatable bonds is 7. The number of aromatic amines is 1. The van der Waals surface area contributed by atoms with Gasteiger partial charge in [0.2, 0.25) is 0 Å². The van der Waals surface area contributed by atoms with E-state index < -0.39 is 0 Å². The maximum atomic E-state index is 9.89. The SMILES string of the molecule is CC[NH+](CC)CCNc1[nH+]c(-c2ccco2)c2c(c1C#N)CC(C)(C)OC2. The van der Waals surface area contributed by atoms with Gasteiger partial charge in [0.1, 0.15) is 24.7 Å². The van der Waals surface area contributed by atoms with Crippen LogP contribution in [0.25, 0.3) is 11.5 Å². The molecule has 1 aliphatic heterocycles. The Morgan fingerprint density at radius 1 is 1.30 bits per heavy atom. The minimum atomic E-state index is -0.289. The Kier molecular flexibility index (Phi) is 5.83. The van der Waals surface area contributed by atoms with Gasteiger partial charge in [-0.25, -0.2) is 4.98 Å². The molecule has 3 rings (SSSR count). The predicted molar refractivity (Wildman–Crippen MR) is 103 cm³/mol. The number of aromatic nitrogens is 1. The zero-order chi connectivity index (χ0) is 19.4. The summed E-state index contributed by atoms with van der Waals surface area (Å²) in [7, 11) is 0. The number of nitriles is 1. The normalized spacial score (nSPS) is 15.4. The summed E-state index contributed by atoms with van der Waals surface area (Å²) in [6.07, 6.45) is 2.36. The summed E-state index contributed by atoms with van der Waals surface area (Å²) < 4.78 is 11.7. The van der Waals surface area contributed by atoms with Gasteiger partial charge in [-0.2, -0.15) is 5.26 Å². The van der Waals surface area contributed by atoms with Crippen molar-refractivity contribution in [3.63, 3.8) is 0 Å². The molecule has 0 saturated heterocycles. The highest BCUT2D eigenvalue weighted by Crippen LogP contribution is 2.36. The number of hydrogen-bond donors (Lipinski definition) is 2. The first-order chi connectivity index (χ1) is 13.0. The maximum absolute atomic E-state index is 9.89. The second kappa shape index (κ2) is 8.12. The third-order valence-corrected chi connectivity index (χ3v) is 5.34. The lowest BCUT2D eigenvalue weighted by Crippen LogP contribution is -3.12. The average Bonchev–Trinajstić information content (AvgIpc) is 3.18. The van der Waals surface area contributed by atoms with Crippen LogP contribution < -0.4 is 15.2 Å². The number of ether oxygens (including phenoxy) is 1. The first kappa shape index (κ1) is 19.4. The van der Waals surface area contributed by atoms with Crippen LogP contribution in [0.4, 0.5) is 5.82 Å². The Morgan fingerprint density at radius 2 is 2.07 bits per heavy atom. The predicted octanol–water partition coefficient (Wildman–Crippen LogP) is 1.82. The molecule has 0 spiro atoms. The van der Waals surface area contributed by atoms with E-state index in [9.17, 15) is 5.26 Å². The third-order valence-electron chi connectivity index (χ3n) is 5.34. The van der Waals surface area contributed by atoms with Crippen molar-refractivity contribution in [3.8, 4) is 17.5 Å². The lowest BCUT2D eigenvalue weighted by atomic mass is 9.87. The molecular formula is C21H30N4O2+2. The molecule has 6 heteroatoms. The van der Waals surface area contributed by atoms with Crippen molar-refractivity contribution in [3.05, 3.63) is 35.1 Å². The van der Waals surface area contributed by atoms with E-state index in [1.165, 1.54) is 4.90 Å². The van der Waals surface area contributed by atoms with Crippen LogP contribution in [-0.2, 0) is 17.8 Å². The summed E-state index contributed by atoms with van der Waals surface area (Å²) in [5.41, 5.74) is 3.36. The molecule has 3 heterocycles. The largest absolute Gasteiger partial charge is 0.461 e. The minimum Gasteiger partial charge on any atom is -0.461 e. The quantitative estimate of drug-likeness (QED) is 0.779. The van der Waals surface area contributed by atoms with Gasteiger partial charge in [0.05, 0.1) is 31.6 Å². The van der Waals surface area contributed by atoms with E-state index in [4.69, 9.17) is 9.15 Å². The van der Waals surface area contributed by atoms with E-state index in [1.807, 2.05) is 12.1 Å². The van der Waals surface area contributed by atoms with Crippen molar-refractivity contribution in [1.82, 2.24) is 0 Å². The number of fused-ring (bicyclic) bond motifs is 1. The summed E-state index contributed by atoms with van der Waals surface area (Å²) >= 11 is 0. The number of anilines is 1. The molecule has 1 aliphatic rings. The van der Waals surface area contributed by atoms with E-state index in [1.54, 1.807) is 6.26 Å². The molecular weight excluding hydrogens is 340 g/mol. The van der Waals surface area contributed by atoms with Crippen molar-refractivity contribution in [2.24, 2.45) is 0 Å². The summed E-state index contributed by atoms with van der Waals surface area (Å²) in [5, 5.41) is 13.3. The van der Waals surface area contributed by atoms with Gasteiger partial charge in [-0.15, -0.1) is 0 Å². The molecule has 0 saturated carbocycles. The molecule has 27 heavy (non-hydrogen) atoms. The fourth-order valence-electron chi connectivity index (χ4n) is 3.67. The van der Waals surface area contributed by atoms with Gasteiger partial charge in [0.15, 0.2) is 11.5 Å². The van der Waals surface area contributed by atoms with Crippen LogP contribution in [0.15, 0.2) is 22.8 Å². The lowest BCUT2D eigenvalue weighted by molar-refractivity contribution is -0.894. The number of H-pyrrole nitrogens is 1. The van der Waals surface area contributed by atoms with Crippen LogP contribution >= 0.6 is 0 Å². The van der Waals surface area contributed by atoms with Crippen molar-refractivity contribution in [2.45, 2.75) is 46.3 Å². The number of nitrogens with zero attached hydrogens (tertiary/aromatic N) is 1. The molecule has 2 aromatic heterocycles. The van der Waals surface area contributed by atoms with Gasteiger partial charge in [-0.1, -0.05) is 0 Å². The van der Waals surface area contributed by atoms with Gasteiger partial charge < -0.3 is 14.1 Å². The Morgan fingerprint density at radius 3 is 2.70 bits per heavy atom. The third kappa shape index (κ3) is 4.15. The van der Waals surface area contributed by atoms with E-state index in [2.05, 4.69) is 44.1 Å². The Balaban J connectivity index is 2.00. The van der Waals surface area contributed by atoms with E-state index >= 15 is 0 Å². The van der Waals surface area contributed by atoms with E-state index in [0.717, 1.165) is 54.6 Å². The van der Waals surface area contributed by atoms with Crippen molar-refractivity contribution >= 4 is 5.82 Å². The minimum absolute atomic E-state index is 0.289. The summed E-state index contributed by atoms with van der Waals surface area (Å²) in [6.45, 7) is 13.0. The molecule has 0 fully saturated rings. The van der Waals surface area contributed by atoms with Gasteiger partial charge in [0.25, 0.3) is 5.82 Å². The Labute approximate surface area is 161 Å². The summed E-state index contributed by atoms with van der Waals surface area (Å²) in [4.78, 5) is 4.94. The van der Waals surface area contributed by atoms with Crippen LogP contribution in [0.3, 0.4) is 0 Å². The fraction of sp³-hybridized carbons (Fsp3) is 0.524. The molecule has 6 nitrogen and oxygen atoms in total. The molecule has 0 bridgehead atoms. The number of furan rings is 1. The smallest absolute Gasteiger partial charge is 0.291 e. The summed E-state index contributed by atoms with van der Waals surface area (Å²) in [5.74, 6) is 1.53. The number of hydrogen-bond acceptors (Lipinski definition) is 4. The standard InChI is InChI=1S/C21H28N4O2/c1-5-25(6-2)10-9-23-20-16(13-22)15-12-21(3,4)27-14-17(15)19(24-20)18-8-7-11-26-18/h7-8,11H,5-6,9-10,12,14H2,1-4H3,(H,23,24)/p+2. The molecule has 0 radical (unpaired) electrons. The highest BCUT2D eigenvalue weighted by Gasteiger charge is 2.34. The van der Waals surface area contributed by atoms with Crippen LogP contribution in [0.5, 0.6) is 0 Å². The first-order valence-corrected chi connectivity index (χ1v) is 9.75. The molecule has 2 aromatic rings. The fourth-order valence-corrected chi connectivity index (χ4v) is 3.67. The highest BCUT2D eigenvalue weighted by molar-refractivity contribution is 5.64. The second-order valence-corrected chi connectivity index (χ2v) is 7.66. The van der Waals surface area contributed by atoms with Crippen molar-refractivity contribution in [2.75, 3.05) is 31.5 Å².